The fourth-order valence-electron chi connectivity index (χ4n) is 4.39. The van der Waals surface area contributed by atoms with Crippen LogP contribution >= 0.6 is 33.2 Å². The van der Waals surface area contributed by atoms with E-state index in [0.717, 1.165) is 34.7 Å². The summed E-state index contributed by atoms with van der Waals surface area (Å²) in [6.45, 7) is 2.99. The van der Waals surface area contributed by atoms with Crippen LogP contribution in [-0.2, 0) is 0 Å². The van der Waals surface area contributed by atoms with E-state index in [4.69, 9.17) is 11.6 Å². The Morgan fingerprint density at radius 1 is 0.895 bits per heavy atom. The Labute approximate surface area is 233 Å². The topological polar surface area (TPSA) is 95.5 Å². The third-order valence-electron chi connectivity index (χ3n) is 6.21. The molecule has 0 bridgehead atoms. The standard InChI is InChI=1S/C29H27ClN2O4S2/c1-18-8-9-20(17-34)26-21(18)5-3-7-23(26)28(35)31-12-14-37-38-15-13-32-29(36)24-10-11-25(30)22-6-2-4-19(16-33)27(22)24/h2-11,16-17,29,32,36H,12-15H2,1H3,(H,31,35). The first kappa shape index (κ1) is 28.1. The SMILES string of the molecule is Cc1ccc(C=O)c2c(C(=O)NCCSSCCNC(O)c3ccc(Cl)c4cccc(C=O)c34)cccc12. The van der Waals surface area contributed by atoms with Gasteiger partial charge in [0.2, 0.25) is 0 Å². The predicted octanol–water partition coefficient (Wildman–Crippen LogP) is 5.97. The fourth-order valence-corrected chi connectivity index (χ4v) is 6.44. The van der Waals surface area contributed by atoms with Crippen molar-refractivity contribution < 1.29 is 19.5 Å². The number of carbonyl (C=O) groups is 3. The molecular weight excluding hydrogens is 540 g/mol. The van der Waals surface area contributed by atoms with Crippen molar-refractivity contribution >= 4 is 73.2 Å². The average Bonchev–Trinajstić information content (AvgIpc) is 2.94. The van der Waals surface area contributed by atoms with E-state index in [1.807, 2.05) is 31.2 Å². The van der Waals surface area contributed by atoms with Crippen molar-refractivity contribution in [3.63, 3.8) is 0 Å². The molecule has 9 heteroatoms. The van der Waals surface area contributed by atoms with Crippen molar-refractivity contribution in [3.8, 4) is 0 Å². The molecule has 4 aromatic carbocycles. The molecule has 1 atom stereocenters. The molecule has 0 heterocycles. The van der Waals surface area contributed by atoms with Crippen molar-refractivity contribution in [1.29, 1.82) is 0 Å². The van der Waals surface area contributed by atoms with Crippen LogP contribution in [0.1, 0.15) is 48.4 Å². The summed E-state index contributed by atoms with van der Waals surface area (Å²) in [4.78, 5) is 35.9. The molecule has 38 heavy (non-hydrogen) atoms. The average molecular weight is 567 g/mol. The van der Waals surface area contributed by atoms with Crippen LogP contribution in [0.3, 0.4) is 0 Å². The zero-order valence-electron chi connectivity index (χ0n) is 20.7. The largest absolute Gasteiger partial charge is 0.374 e. The number of hydrogen-bond acceptors (Lipinski definition) is 7. The second-order valence-electron chi connectivity index (χ2n) is 8.60. The second kappa shape index (κ2) is 13.3. The lowest BCUT2D eigenvalue weighted by Gasteiger charge is -2.17. The first-order valence-corrected chi connectivity index (χ1v) is 14.9. The van der Waals surface area contributed by atoms with Crippen LogP contribution in [0.25, 0.3) is 21.5 Å². The number of aliphatic hydroxyl groups excluding tert-OH is 1. The van der Waals surface area contributed by atoms with Crippen molar-refractivity contribution in [1.82, 2.24) is 10.6 Å². The first-order chi connectivity index (χ1) is 18.5. The highest BCUT2D eigenvalue weighted by atomic mass is 35.5. The van der Waals surface area contributed by atoms with Crippen LogP contribution in [0.5, 0.6) is 0 Å². The summed E-state index contributed by atoms with van der Waals surface area (Å²) in [5.74, 6) is 1.23. The van der Waals surface area contributed by atoms with Crippen molar-refractivity contribution in [2.24, 2.45) is 0 Å². The first-order valence-electron chi connectivity index (χ1n) is 12.0. The van der Waals surface area contributed by atoms with Gasteiger partial charge in [-0.3, -0.25) is 19.7 Å². The number of carbonyl (C=O) groups excluding carboxylic acids is 3. The van der Waals surface area contributed by atoms with Gasteiger partial charge in [-0.2, -0.15) is 0 Å². The molecular formula is C29H27ClN2O4S2. The Balaban J connectivity index is 1.23. The molecule has 6 nitrogen and oxygen atoms in total. The Morgan fingerprint density at radius 3 is 2.34 bits per heavy atom. The summed E-state index contributed by atoms with van der Waals surface area (Å²) < 4.78 is 0. The molecule has 0 aliphatic rings. The van der Waals surface area contributed by atoms with E-state index in [0.29, 0.717) is 56.9 Å². The van der Waals surface area contributed by atoms with Gasteiger partial charge >= 0.3 is 0 Å². The molecule has 3 N–H and O–H groups in total. The lowest BCUT2D eigenvalue weighted by atomic mass is 9.96. The molecule has 1 amide bonds. The fraction of sp³-hybridized carbons (Fsp3) is 0.207. The van der Waals surface area contributed by atoms with Crippen molar-refractivity contribution in [2.75, 3.05) is 24.6 Å². The summed E-state index contributed by atoms with van der Waals surface area (Å²) in [5.41, 5.74) is 3.10. The molecule has 0 aliphatic carbocycles. The van der Waals surface area contributed by atoms with Crippen LogP contribution in [0.2, 0.25) is 5.02 Å². The number of halogens is 1. The Morgan fingerprint density at radius 2 is 1.58 bits per heavy atom. The number of aryl methyl sites for hydroxylation is 1. The number of fused-ring (bicyclic) bond motifs is 2. The summed E-state index contributed by atoms with van der Waals surface area (Å²) >= 11 is 6.29. The van der Waals surface area contributed by atoms with Gasteiger partial charge in [0.15, 0.2) is 12.6 Å². The minimum atomic E-state index is -0.943. The number of aldehydes is 2. The van der Waals surface area contributed by atoms with Gasteiger partial charge in [0, 0.05) is 68.0 Å². The molecule has 0 spiro atoms. The van der Waals surface area contributed by atoms with Crippen molar-refractivity contribution in [3.05, 3.63) is 93.5 Å². The number of rotatable bonds is 12. The number of amides is 1. The summed E-state index contributed by atoms with van der Waals surface area (Å²) in [6, 6.07) is 17.9. The second-order valence-corrected chi connectivity index (χ2v) is 11.7. The number of benzene rings is 4. The molecule has 4 rings (SSSR count). The zero-order valence-corrected chi connectivity index (χ0v) is 23.1. The summed E-state index contributed by atoms with van der Waals surface area (Å²) in [7, 11) is 3.25. The highest BCUT2D eigenvalue weighted by Gasteiger charge is 2.16. The van der Waals surface area contributed by atoms with Crippen LogP contribution in [-0.4, -0.2) is 48.2 Å². The molecule has 196 valence electrons. The predicted molar refractivity (Wildman–Crippen MR) is 159 cm³/mol. The molecule has 0 aliphatic heterocycles. The lowest BCUT2D eigenvalue weighted by molar-refractivity contribution is 0.0957. The van der Waals surface area contributed by atoms with Crippen LogP contribution in [0.15, 0.2) is 60.7 Å². The van der Waals surface area contributed by atoms with Gasteiger partial charge in [-0.1, -0.05) is 81.7 Å². The van der Waals surface area contributed by atoms with Gasteiger partial charge in [0.05, 0.1) is 0 Å². The van der Waals surface area contributed by atoms with E-state index in [9.17, 15) is 19.5 Å². The van der Waals surface area contributed by atoms with Gasteiger partial charge < -0.3 is 10.4 Å². The molecule has 0 fully saturated rings. The molecule has 1 unspecified atom stereocenters. The number of nitrogens with one attached hydrogen (secondary N) is 2. The van der Waals surface area contributed by atoms with Gasteiger partial charge in [-0.15, -0.1) is 0 Å². The maximum atomic E-state index is 12.8. The summed E-state index contributed by atoms with van der Waals surface area (Å²) in [6.07, 6.45) is 0.608. The van der Waals surface area contributed by atoms with E-state index in [1.54, 1.807) is 58.0 Å². The van der Waals surface area contributed by atoms with Crippen LogP contribution in [0.4, 0.5) is 0 Å². The third-order valence-corrected chi connectivity index (χ3v) is 8.95. The lowest BCUT2D eigenvalue weighted by Crippen LogP contribution is -2.26. The van der Waals surface area contributed by atoms with E-state index in [2.05, 4.69) is 10.6 Å². The van der Waals surface area contributed by atoms with Gasteiger partial charge in [-0.05, 0) is 30.0 Å². The quantitative estimate of drug-likeness (QED) is 0.0841. The monoisotopic (exact) mass is 566 g/mol. The maximum absolute atomic E-state index is 12.8. The van der Waals surface area contributed by atoms with Gasteiger partial charge in [0.1, 0.15) is 6.23 Å². The Kier molecular flexibility index (Phi) is 9.82. The number of aliphatic hydroxyl groups is 1. The third kappa shape index (κ3) is 6.22. The molecule has 0 saturated heterocycles. The van der Waals surface area contributed by atoms with E-state index in [1.165, 1.54) is 0 Å². The van der Waals surface area contributed by atoms with Crippen LogP contribution in [0, 0.1) is 6.92 Å². The van der Waals surface area contributed by atoms with Crippen LogP contribution < -0.4 is 10.6 Å². The number of hydrogen-bond donors (Lipinski definition) is 3. The van der Waals surface area contributed by atoms with Crippen molar-refractivity contribution in [2.45, 2.75) is 13.2 Å². The smallest absolute Gasteiger partial charge is 0.251 e. The highest BCUT2D eigenvalue weighted by Crippen LogP contribution is 2.32. The zero-order chi connectivity index (χ0) is 27.1. The van der Waals surface area contributed by atoms with E-state index in [-0.39, 0.29) is 5.91 Å². The molecule has 0 aromatic heterocycles. The Bertz CT molecular complexity index is 1490. The van der Waals surface area contributed by atoms with E-state index >= 15 is 0 Å². The highest BCUT2D eigenvalue weighted by molar-refractivity contribution is 8.76. The normalized spacial score (nSPS) is 12.0. The summed E-state index contributed by atoms with van der Waals surface area (Å²) in [5, 5.41) is 20.2. The minimum absolute atomic E-state index is 0.204. The van der Waals surface area contributed by atoms with Gasteiger partial charge in [-0.25, -0.2) is 0 Å². The van der Waals surface area contributed by atoms with E-state index < -0.39 is 6.23 Å². The van der Waals surface area contributed by atoms with Gasteiger partial charge in [0.25, 0.3) is 5.91 Å². The minimum Gasteiger partial charge on any atom is -0.374 e. The maximum Gasteiger partial charge on any atom is 0.251 e. The molecule has 0 radical (unpaired) electrons. The molecule has 0 saturated carbocycles. The Hall–Kier alpha value is -2.88. The molecule has 4 aromatic rings.